The van der Waals surface area contributed by atoms with Crippen LogP contribution in [-0.2, 0) is 38.2 Å². The van der Waals surface area contributed by atoms with Crippen LogP contribution in [0.4, 0.5) is 0 Å². The number of carboxylic acids is 1. The van der Waals surface area contributed by atoms with E-state index in [0.29, 0.717) is 25.7 Å². The molecule has 58 heavy (non-hydrogen) atoms. The van der Waals surface area contributed by atoms with E-state index >= 15 is 0 Å². The van der Waals surface area contributed by atoms with E-state index in [0.717, 1.165) is 51.0 Å². The summed E-state index contributed by atoms with van der Waals surface area (Å²) < 4.78 is 15.3. The Morgan fingerprint density at radius 1 is 0.862 bits per heavy atom. The molecule has 5 fully saturated rings. The second-order valence-corrected chi connectivity index (χ2v) is 21.6. The summed E-state index contributed by atoms with van der Waals surface area (Å²) in [5.74, 6) is -2.11. The lowest BCUT2D eigenvalue weighted by Crippen LogP contribution is -2.68. The molecule has 14 atom stereocenters. The number of hydrogen-bond acceptors (Lipinski definition) is 12. The maximum absolute atomic E-state index is 14.9. The molecule has 1 unspecified atom stereocenters. The predicted octanol–water partition coefficient (Wildman–Crippen LogP) is 4.92. The van der Waals surface area contributed by atoms with E-state index in [1.54, 1.807) is 0 Å². The van der Waals surface area contributed by atoms with Gasteiger partial charge in [0.25, 0.3) is 0 Å². The number of hydrogen-bond donors (Lipinski definition) is 4. The van der Waals surface area contributed by atoms with Gasteiger partial charge in [0.05, 0.1) is 26.1 Å². The molecule has 1 heterocycles. The molecule has 6 rings (SSSR count). The SMILES string of the molecule is COC(=O)CCC(=O)N(CCS[C@@H]1O[C@H](C(=O)OC)[C@@H](O)[C@H](O)[C@H]1O)[C@H]1CC[C@@]2(C)C(CC[C@]3(C)[C@@H]2C(=O)C=C2[C@@H]4C[C@@](C)(C(=O)O)CC[C@]4(C)CC[C@]23C)C1(C)C. The fourth-order valence-electron chi connectivity index (χ4n) is 13.4. The third-order valence-corrected chi connectivity index (χ3v) is 18.3. The smallest absolute Gasteiger partial charge is 0.337 e. The Morgan fingerprint density at radius 2 is 1.53 bits per heavy atom. The number of aliphatic hydroxyl groups is 3. The molecule has 326 valence electrons. The summed E-state index contributed by atoms with van der Waals surface area (Å²) in [5, 5.41) is 41.9. The maximum Gasteiger partial charge on any atom is 0.337 e. The minimum absolute atomic E-state index is 0.0303. The standard InChI is InChI=1S/C44H67NO12S/c1-39(2)27-12-15-44(7)35(26(46)22-24-25-23-41(4,38(53)54)17-16-40(25,3)18-19-43(24,44)6)42(27,5)14-13-28(39)45(29(47)10-11-30(48)55-8)20-21-58-37-33(51)31(49)32(50)34(57-37)36(52)56-9/h22,25,27-28,31-35,37,49-51H,10-21,23H2,1-9H3,(H,53,54)/t25-,27?,28-,31-,32-,33+,34-,35+,37-,40+,41-,42-,43+,44+/m0/s1. The number of ketones is 1. The molecule has 1 aliphatic heterocycles. The Morgan fingerprint density at radius 3 is 2.17 bits per heavy atom. The number of fused-ring (bicyclic) bond motifs is 7. The second-order valence-electron chi connectivity index (χ2n) is 20.4. The zero-order valence-corrected chi connectivity index (χ0v) is 36.7. The molecular weight excluding hydrogens is 767 g/mol. The van der Waals surface area contributed by atoms with Gasteiger partial charge in [-0.2, -0.15) is 0 Å². The van der Waals surface area contributed by atoms with Gasteiger partial charge in [-0.3, -0.25) is 19.2 Å². The number of allylic oxidation sites excluding steroid dienone is 2. The van der Waals surface area contributed by atoms with E-state index < -0.39 is 58.6 Å². The molecule has 0 spiro atoms. The summed E-state index contributed by atoms with van der Waals surface area (Å²) in [6.45, 7) is 15.7. The fraction of sp³-hybridized carbons (Fsp3) is 0.841. The Kier molecular flexibility index (Phi) is 12.2. The van der Waals surface area contributed by atoms with Crippen molar-refractivity contribution in [3.8, 4) is 0 Å². The minimum Gasteiger partial charge on any atom is -0.481 e. The predicted molar refractivity (Wildman–Crippen MR) is 215 cm³/mol. The molecule has 0 bridgehead atoms. The van der Waals surface area contributed by atoms with Crippen molar-refractivity contribution in [2.75, 3.05) is 26.5 Å². The van der Waals surface area contributed by atoms with Gasteiger partial charge in [0.1, 0.15) is 23.7 Å². The van der Waals surface area contributed by atoms with Gasteiger partial charge in [-0.15, -0.1) is 11.8 Å². The number of rotatable bonds is 10. The molecule has 1 saturated heterocycles. The van der Waals surface area contributed by atoms with Gasteiger partial charge in [0, 0.05) is 30.7 Å². The minimum atomic E-state index is -1.68. The van der Waals surface area contributed by atoms with Gasteiger partial charge in [0.2, 0.25) is 5.91 Å². The topological polar surface area (TPSA) is 197 Å². The number of carboxylic acid groups (broad SMARTS) is 1. The molecule has 0 aromatic heterocycles. The van der Waals surface area contributed by atoms with E-state index in [2.05, 4.69) is 41.5 Å². The van der Waals surface area contributed by atoms with E-state index in [4.69, 9.17) is 14.2 Å². The average molecular weight is 834 g/mol. The van der Waals surface area contributed by atoms with Crippen LogP contribution >= 0.6 is 11.8 Å². The first-order chi connectivity index (χ1) is 27.0. The first-order valence-corrected chi connectivity index (χ1v) is 22.3. The highest BCUT2D eigenvalue weighted by atomic mass is 32.2. The Bertz CT molecular complexity index is 1700. The van der Waals surface area contributed by atoms with Crippen LogP contribution < -0.4 is 0 Å². The molecule has 4 saturated carbocycles. The molecule has 0 aromatic rings. The van der Waals surface area contributed by atoms with Crippen molar-refractivity contribution < 1.29 is 58.6 Å². The lowest BCUT2D eigenvalue weighted by atomic mass is 9.33. The van der Waals surface area contributed by atoms with Gasteiger partial charge in [-0.05, 0) is 110 Å². The van der Waals surface area contributed by atoms with Gasteiger partial charge < -0.3 is 39.5 Å². The second kappa shape index (κ2) is 15.7. The Labute approximate surface area is 347 Å². The summed E-state index contributed by atoms with van der Waals surface area (Å²) in [6, 6.07) is -0.250. The van der Waals surface area contributed by atoms with Crippen LogP contribution in [0.15, 0.2) is 11.6 Å². The highest BCUT2D eigenvalue weighted by molar-refractivity contribution is 7.99. The van der Waals surface area contributed by atoms with Crippen molar-refractivity contribution in [3.63, 3.8) is 0 Å². The third-order valence-electron chi connectivity index (χ3n) is 17.2. The quantitative estimate of drug-likeness (QED) is 0.217. The van der Waals surface area contributed by atoms with E-state index in [-0.39, 0.29) is 82.3 Å². The highest BCUT2D eigenvalue weighted by Crippen LogP contribution is 2.75. The zero-order valence-electron chi connectivity index (χ0n) is 35.9. The first-order valence-electron chi connectivity index (χ1n) is 21.2. The highest BCUT2D eigenvalue weighted by Gasteiger charge is 2.70. The number of aliphatic hydroxyl groups excluding tert-OH is 3. The number of ether oxygens (including phenoxy) is 3. The number of aliphatic carboxylic acids is 1. The summed E-state index contributed by atoms with van der Waals surface area (Å²) in [6.07, 6.45) is 2.46. The summed E-state index contributed by atoms with van der Waals surface area (Å²) in [7, 11) is 2.42. The summed E-state index contributed by atoms with van der Waals surface area (Å²) >= 11 is 1.12. The van der Waals surface area contributed by atoms with E-state index in [1.165, 1.54) is 12.7 Å². The van der Waals surface area contributed by atoms with Crippen molar-refractivity contribution in [2.24, 2.45) is 50.2 Å². The van der Waals surface area contributed by atoms with Crippen LogP contribution in [0, 0.1) is 50.2 Å². The molecule has 13 nitrogen and oxygen atoms in total. The number of amides is 1. The third kappa shape index (κ3) is 7.06. The largest absolute Gasteiger partial charge is 0.481 e. The van der Waals surface area contributed by atoms with Gasteiger partial charge in [-0.1, -0.05) is 47.1 Å². The number of thioether (sulfide) groups is 1. The van der Waals surface area contributed by atoms with Gasteiger partial charge >= 0.3 is 17.9 Å². The molecule has 0 radical (unpaired) electrons. The number of methoxy groups -OCH3 is 2. The Balaban J connectivity index is 1.27. The van der Waals surface area contributed by atoms with Crippen LogP contribution in [0.2, 0.25) is 0 Å². The summed E-state index contributed by atoms with van der Waals surface area (Å²) in [4.78, 5) is 67.9. The van der Waals surface area contributed by atoms with Crippen LogP contribution in [0.3, 0.4) is 0 Å². The monoisotopic (exact) mass is 833 g/mol. The molecule has 0 aromatic carbocycles. The lowest BCUT2D eigenvalue weighted by Gasteiger charge is -2.71. The zero-order chi connectivity index (χ0) is 43.0. The number of carbonyl (C=O) groups is 5. The number of carbonyl (C=O) groups excluding carboxylic acids is 4. The maximum atomic E-state index is 14.9. The van der Waals surface area contributed by atoms with E-state index in [9.17, 15) is 44.4 Å². The van der Waals surface area contributed by atoms with Crippen LogP contribution in [-0.4, -0.2) is 117 Å². The molecule has 5 aliphatic carbocycles. The van der Waals surface area contributed by atoms with Crippen molar-refractivity contribution in [1.82, 2.24) is 4.90 Å². The van der Waals surface area contributed by atoms with Crippen molar-refractivity contribution in [2.45, 2.75) is 155 Å². The number of esters is 2. The molecular formula is C44H67NO12S. The average Bonchev–Trinajstić information content (AvgIpc) is 3.16. The molecule has 1 amide bonds. The lowest BCUT2D eigenvalue weighted by molar-refractivity contribution is -0.211. The normalized spacial score (nSPS) is 44.3. The van der Waals surface area contributed by atoms with Crippen LogP contribution in [0.5, 0.6) is 0 Å². The van der Waals surface area contributed by atoms with Crippen LogP contribution in [0.1, 0.15) is 119 Å². The molecule has 6 aliphatic rings. The van der Waals surface area contributed by atoms with Gasteiger partial charge in [-0.25, -0.2) is 4.79 Å². The van der Waals surface area contributed by atoms with Crippen molar-refractivity contribution in [3.05, 3.63) is 11.6 Å². The summed E-state index contributed by atoms with van der Waals surface area (Å²) in [5.41, 5.74) is -2.24. The molecule has 14 heteroatoms. The van der Waals surface area contributed by atoms with Crippen LogP contribution in [0.25, 0.3) is 0 Å². The Hall–Kier alpha value is -2.52. The van der Waals surface area contributed by atoms with Gasteiger partial charge in [0.15, 0.2) is 11.9 Å². The molecule has 4 N–H and O–H groups in total. The number of nitrogens with zero attached hydrogens (tertiary/aromatic N) is 1. The van der Waals surface area contributed by atoms with E-state index in [1.807, 2.05) is 17.9 Å². The van der Waals surface area contributed by atoms with Crippen molar-refractivity contribution in [1.29, 1.82) is 0 Å². The van der Waals surface area contributed by atoms with Crippen molar-refractivity contribution >= 4 is 41.4 Å². The first kappa shape index (κ1) is 45.0. The fourth-order valence-corrected chi connectivity index (χ4v) is 14.5.